The predicted octanol–water partition coefficient (Wildman–Crippen LogP) is 1.98. The number of carbonyl (C=O) groups excluding carboxylic acids is 1. The van der Waals surface area contributed by atoms with E-state index in [1.807, 2.05) is 35.1 Å². The van der Waals surface area contributed by atoms with Crippen LogP contribution in [0.1, 0.15) is 6.92 Å². The molecule has 0 spiro atoms. The molecule has 0 aliphatic carbocycles. The van der Waals surface area contributed by atoms with E-state index in [1.165, 1.54) is 11.3 Å². The maximum Gasteiger partial charge on any atom is 0.326 e. The average molecular weight is 308 g/mol. The van der Waals surface area contributed by atoms with Gasteiger partial charge in [-0.3, -0.25) is 4.79 Å². The minimum Gasteiger partial charge on any atom is -0.272 e. The number of rotatable bonds is 2. The first-order valence-electron chi connectivity index (χ1n) is 5.99. The number of hydrogen-bond donors (Lipinski definition) is 1. The van der Waals surface area contributed by atoms with Crippen molar-refractivity contribution in [1.82, 2.24) is 4.72 Å². The molecule has 1 N–H and O–H groups in total. The highest BCUT2D eigenvalue weighted by Crippen LogP contribution is 2.34. The summed E-state index contributed by atoms with van der Waals surface area (Å²) in [5.74, 6) is -0.502. The fourth-order valence-corrected chi connectivity index (χ4v) is 4.51. The van der Waals surface area contributed by atoms with Crippen LogP contribution in [0.15, 0.2) is 41.8 Å². The molecule has 1 aliphatic heterocycles. The molecule has 1 aromatic carbocycles. The van der Waals surface area contributed by atoms with Crippen molar-refractivity contribution in [2.24, 2.45) is 0 Å². The molecule has 2 aromatic rings. The maximum absolute atomic E-state index is 11.9. The molecule has 1 saturated heterocycles. The van der Waals surface area contributed by atoms with Crippen LogP contribution in [0.3, 0.4) is 0 Å². The number of carbonyl (C=O) groups is 1. The highest BCUT2D eigenvalue weighted by Gasteiger charge is 2.41. The van der Waals surface area contributed by atoms with Gasteiger partial charge in [-0.2, -0.15) is 8.42 Å². The first-order chi connectivity index (χ1) is 9.49. The van der Waals surface area contributed by atoms with Gasteiger partial charge >= 0.3 is 10.2 Å². The van der Waals surface area contributed by atoms with Crippen molar-refractivity contribution in [1.29, 1.82) is 0 Å². The molecule has 1 aliphatic rings. The largest absolute Gasteiger partial charge is 0.326 e. The second-order valence-corrected chi connectivity index (χ2v) is 6.94. The summed E-state index contributed by atoms with van der Waals surface area (Å²) < 4.78 is 27.0. The van der Waals surface area contributed by atoms with Crippen LogP contribution in [-0.4, -0.2) is 20.4 Å². The molecule has 3 rings (SSSR count). The fraction of sp³-hybridized carbons (Fsp3) is 0.154. The van der Waals surface area contributed by atoms with E-state index in [0.29, 0.717) is 5.69 Å². The van der Waals surface area contributed by atoms with Crippen LogP contribution in [-0.2, 0) is 15.0 Å². The van der Waals surface area contributed by atoms with Crippen molar-refractivity contribution >= 4 is 33.1 Å². The van der Waals surface area contributed by atoms with E-state index in [9.17, 15) is 13.2 Å². The summed E-state index contributed by atoms with van der Waals surface area (Å²) in [7, 11) is -3.77. The van der Waals surface area contributed by atoms with E-state index < -0.39 is 22.2 Å². The number of nitrogens with zero attached hydrogens (tertiary/aromatic N) is 1. The molecule has 104 valence electrons. The van der Waals surface area contributed by atoms with Crippen LogP contribution < -0.4 is 9.03 Å². The Balaban J connectivity index is 2.01. The fourth-order valence-electron chi connectivity index (χ4n) is 2.13. The lowest BCUT2D eigenvalue weighted by Gasteiger charge is -2.17. The molecule has 1 amide bonds. The van der Waals surface area contributed by atoms with Crippen LogP contribution in [0.25, 0.3) is 10.4 Å². The molecular weight excluding hydrogens is 296 g/mol. The number of anilines is 1. The number of thiophene rings is 1. The minimum atomic E-state index is -3.77. The van der Waals surface area contributed by atoms with Gasteiger partial charge < -0.3 is 0 Å². The topological polar surface area (TPSA) is 66.5 Å². The first-order valence-corrected chi connectivity index (χ1v) is 8.31. The Morgan fingerprint density at radius 3 is 2.55 bits per heavy atom. The van der Waals surface area contributed by atoms with Crippen LogP contribution >= 0.6 is 11.3 Å². The molecule has 1 fully saturated rings. The highest BCUT2D eigenvalue weighted by molar-refractivity contribution is 7.92. The van der Waals surface area contributed by atoms with Gasteiger partial charge in [0.05, 0.1) is 5.69 Å². The van der Waals surface area contributed by atoms with Gasteiger partial charge in [0.1, 0.15) is 6.04 Å². The summed E-state index contributed by atoms with van der Waals surface area (Å²) in [6.45, 7) is 1.57. The van der Waals surface area contributed by atoms with Gasteiger partial charge in [0.2, 0.25) is 0 Å². The number of nitrogens with one attached hydrogen (secondary N) is 1. The van der Waals surface area contributed by atoms with Crippen LogP contribution in [0, 0.1) is 0 Å². The third-order valence-corrected chi connectivity index (χ3v) is 5.59. The quantitative estimate of drug-likeness (QED) is 0.922. The second kappa shape index (κ2) is 4.60. The third-order valence-electron chi connectivity index (χ3n) is 3.12. The second-order valence-electron chi connectivity index (χ2n) is 4.48. The molecule has 0 saturated carbocycles. The Morgan fingerprint density at radius 2 is 1.95 bits per heavy atom. The van der Waals surface area contributed by atoms with Gasteiger partial charge in [-0.1, -0.05) is 30.3 Å². The van der Waals surface area contributed by atoms with E-state index >= 15 is 0 Å². The van der Waals surface area contributed by atoms with E-state index in [1.54, 1.807) is 18.4 Å². The zero-order valence-corrected chi connectivity index (χ0v) is 12.2. The van der Waals surface area contributed by atoms with Gasteiger partial charge in [-0.05, 0) is 18.6 Å². The van der Waals surface area contributed by atoms with E-state index in [0.717, 1.165) is 14.7 Å². The van der Waals surface area contributed by atoms with Crippen molar-refractivity contribution in [2.45, 2.75) is 13.0 Å². The monoisotopic (exact) mass is 308 g/mol. The van der Waals surface area contributed by atoms with E-state index in [4.69, 9.17) is 0 Å². The minimum absolute atomic E-state index is 0.502. The molecule has 1 unspecified atom stereocenters. The highest BCUT2D eigenvalue weighted by atomic mass is 32.2. The molecular formula is C13H12N2O3S2. The van der Waals surface area contributed by atoms with E-state index in [-0.39, 0.29) is 0 Å². The van der Waals surface area contributed by atoms with E-state index in [2.05, 4.69) is 0 Å². The van der Waals surface area contributed by atoms with Crippen molar-refractivity contribution in [3.63, 3.8) is 0 Å². The smallest absolute Gasteiger partial charge is 0.272 e. The Morgan fingerprint density at radius 1 is 1.25 bits per heavy atom. The van der Waals surface area contributed by atoms with Crippen molar-refractivity contribution in [3.05, 3.63) is 41.8 Å². The molecule has 1 aromatic heterocycles. The molecule has 7 heteroatoms. The molecule has 20 heavy (non-hydrogen) atoms. The molecule has 5 nitrogen and oxygen atoms in total. The predicted molar refractivity (Wildman–Crippen MR) is 78.8 cm³/mol. The Hall–Kier alpha value is -1.86. The lowest BCUT2D eigenvalue weighted by molar-refractivity contribution is -0.119. The Kier molecular flexibility index (Phi) is 3.02. The normalized spacial score (nSPS) is 20.9. The summed E-state index contributed by atoms with van der Waals surface area (Å²) in [6.07, 6.45) is 0. The molecule has 0 radical (unpaired) electrons. The van der Waals surface area contributed by atoms with Gasteiger partial charge in [0.25, 0.3) is 5.91 Å². The Bertz CT molecular complexity index is 753. The van der Waals surface area contributed by atoms with Crippen molar-refractivity contribution in [2.75, 3.05) is 4.31 Å². The molecule has 0 bridgehead atoms. The summed E-state index contributed by atoms with van der Waals surface area (Å²) in [6, 6.07) is 10.8. The average Bonchev–Trinajstić information content (AvgIpc) is 2.94. The summed E-state index contributed by atoms with van der Waals surface area (Å²) in [5, 5.41) is 1.75. The van der Waals surface area contributed by atoms with Crippen LogP contribution in [0.5, 0.6) is 0 Å². The standard InChI is InChI=1S/C13H12N2O3S2/c1-9-13(16)14-20(17,18)15(9)11-7-12(19-8-11)10-5-3-2-4-6-10/h2-9H,1H3,(H,14,16). The van der Waals surface area contributed by atoms with Crippen LogP contribution in [0.2, 0.25) is 0 Å². The van der Waals surface area contributed by atoms with Crippen molar-refractivity contribution in [3.8, 4) is 10.4 Å². The summed E-state index contributed by atoms with van der Waals surface area (Å²) in [5.41, 5.74) is 1.53. The lowest BCUT2D eigenvalue weighted by Crippen LogP contribution is -2.33. The van der Waals surface area contributed by atoms with Crippen LogP contribution in [0.4, 0.5) is 5.69 Å². The lowest BCUT2D eigenvalue weighted by atomic mass is 10.2. The van der Waals surface area contributed by atoms with Gasteiger partial charge in [-0.25, -0.2) is 9.03 Å². The SMILES string of the molecule is CC1C(=O)NS(=O)(=O)N1c1csc(-c2ccccc2)c1. The number of hydrogen-bond acceptors (Lipinski definition) is 4. The zero-order valence-electron chi connectivity index (χ0n) is 10.6. The molecule has 1 atom stereocenters. The first kappa shape index (κ1) is 13.1. The Labute approximate surface area is 121 Å². The summed E-state index contributed by atoms with van der Waals surface area (Å²) in [4.78, 5) is 12.5. The summed E-state index contributed by atoms with van der Waals surface area (Å²) >= 11 is 1.45. The van der Waals surface area contributed by atoms with Gasteiger partial charge in [-0.15, -0.1) is 11.3 Å². The third kappa shape index (κ3) is 2.08. The zero-order chi connectivity index (χ0) is 14.3. The number of amides is 1. The van der Waals surface area contributed by atoms with Gasteiger partial charge in [0.15, 0.2) is 0 Å². The van der Waals surface area contributed by atoms with Crippen molar-refractivity contribution < 1.29 is 13.2 Å². The van der Waals surface area contributed by atoms with Gasteiger partial charge in [0, 0.05) is 10.3 Å². The number of benzene rings is 1. The maximum atomic E-state index is 11.9. The molecule has 2 heterocycles.